The first-order valence-electron chi connectivity index (χ1n) is 8.71. The van der Waals surface area contributed by atoms with Crippen LogP contribution in [0.25, 0.3) is 22.3 Å². The van der Waals surface area contributed by atoms with Gasteiger partial charge in [-0.15, -0.1) is 0 Å². The van der Waals surface area contributed by atoms with Crippen molar-refractivity contribution in [2.45, 2.75) is 0 Å². The van der Waals surface area contributed by atoms with Crippen LogP contribution in [0, 0.1) is 11.8 Å². The summed E-state index contributed by atoms with van der Waals surface area (Å²) in [5.74, 6) is 6.55. The summed E-state index contributed by atoms with van der Waals surface area (Å²) in [5, 5.41) is 0. The zero-order valence-electron chi connectivity index (χ0n) is 14.4. The van der Waals surface area contributed by atoms with Crippen LogP contribution in [0.15, 0.2) is 109 Å². The Kier molecular flexibility index (Phi) is 4.63. The zero-order valence-corrected chi connectivity index (χ0v) is 14.4. The summed E-state index contributed by atoms with van der Waals surface area (Å²) in [7, 11) is 0. The van der Waals surface area contributed by atoms with Gasteiger partial charge in [0, 0.05) is 11.1 Å². The molecular formula is C26H18. The molecule has 4 aromatic rings. The molecule has 0 radical (unpaired) electrons. The summed E-state index contributed by atoms with van der Waals surface area (Å²) in [6.45, 7) is 0. The lowest BCUT2D eigenvalue weighted by atomic mass is 10.0. The van der Waals surface area contributed by atoms with E-state index in [9.17, 15) is 0 Å². The van der Waals surface area contributed by atoms with Gasteiger partial charge in [0.05, 0.1) is 0 Å². The highest BCUT2D eigenvalue weighted by molar-refractivity contribution is 5.66. The third-order valence-electron chi connectivity index (χ3n) is 4.31. The average Bonchev–Trinajstić information content (AvgIpc) is 2.74. The van der Waals surface area contributed by atoms with Crippen LogP contribution in [0.3, 0.4) is 0 Å². The van der Waals surface area contributed by atoms with Crippen LogP contribution in [-0.2, 0) is 0 Å². The Labute approximate surface area is 154 Å². The summed E-state index contributed by atoms with van der Waals surface area (Å²) in [5.41, 5.74) is 6.89. The second kappa shape index (κ2) is 7.55. The summed E-state index contributed by atoms with van der Waals surface area (Å²) in [4.78, 5) is 0. The van der Waals surface area contributed by atoms with Gasteiger partial charge in [0.2, 0.25) is 0 Å². The maximum atomic E-state index is 3.28. The smallest absolute Gasteiger partial charge is 0.0255 e. The van der Waals surface area contributed by atoms with E-state index < -0.39 is 0 Å². The lowest BCUT2D eigenvalue weighted by Gasteiger charge is -2.02. The van der Waals surface area contributed by atoms with Crippen molar-refractivity contribution in [2.75, 3.05) is 0 Å². The molecule has 0 bridgehead atoms. The lowest BCUT2D eigenvalue weighted by molar-refractivity contribution is 1.58. The summed E-state index contributed by atoms with van der Waals surface area (Å²) in [6, 6.07) is 37.6. The average molecular weight is 330 g/mol. The molecule has 0 heterocycles. The van der Waals surface area contributed by atoms with Crippen LogP contribution in [0.5, 0.6) is 0 Å². The molecule has 0 aliphatic carbocycles. The first kappa shape index (κ1) is 15.9. The molecule has 0 fully saturated rings. The number of benzene rings is 4. The topological polar surface area (TPSA) is 0 Å². The molecule has 0 aliphatic heterocycles. The Morgan fingerprint density at radius 2 is 0.846 bits per heavy atom. The molecule has 0 nitrogen and oxygen atoms in total. The molecule has 0 heteroatoms. The summed E-state index contributed by atoms with van der Waals surface area (Å²) < 4.78 is 0. The highest BCUT2D eigenvalue weighted by Gasteiger charge is 1.98. The third-order valence-corrected chi connectivity index (χ3v) is 4.31. The first-order valence-corrected chi connectivity index (χ1v) is 8.71. The highest BCUT2D eigenvalue weighted by Crippen LogP contribution is 2.20. The highest BCUT2D eigenvalue weighted by atomic mass is 14.0. The predicted molar refractivity (Wildman–Crippen MR) is 110 cm³/mol. The first-order chi connectivity index (χ1) is 12.9. The van der Waals surface area contributed by atoms with Crippen molar-refractivity contribution in [3.63, 3.8) is 0 Å². The summed E-state index contributed by atoms with van der Waals surface area (Å²) in [6.07, 6.45) is 0. The van der Waals surface area contributed by atoms with Crippen LogP contribution in [0.4, 0.5) is 0 Å². The fourth-order valence-corrected chi connectivity index (χ4v) is 2.93. The quantitative estimate of drug-likeness (QED) is 0.372. The minimum Gasteiger partial charge on any atom is -0.0622 e. The van der Waals surface area contributed by atoms with Crippen LogP contribution >= 0.6 is 0 Å². The molecule has 0 N–H and O–H groups in total. The molecule has 0 saturated carbocycles. The Morgan fingerprint density at radius 3 is 1.50 bits per heavy atom. The van der Waals surface area contributed by atoms with E-state index in [1.54, 1.807) is 0 Å². The van der Waals surface area contributed by atoms with E-state index in [0.717, 1.165) is 11.1 Å². The van der Waals surface area contributed by atoms with Gasteiger partial charge in [-0.25, -0.2) is 0 Å². The maximum Gasteiger partial charge on any atom is 0.0255 e. The van der Waals surface area contributed by atoms with E-state index in [1.807, 2.05) is 12.1 Å². The second-order valence-electron chi connectivity index (χ2n) is 6.14. The molecule has 0 aliphatic rings. The van der Waals surface area contributed by atoms with Gasteiger partial charge in [-0.05, 0) is 46.5 Å². The van der Waals surface area contributed by atoms with E-state index in [-0.39, 0.29) is 0 Å². The molecular weight excluding hydrogens is 312 g/mol. The molecule has 0 spiro atoms. The SMILES string of the molecule is C(#Cc1cccc(-c2ccccc2)c1)c1ccc(-c2ccccc2)cc1. The van der Waals surface area contributed by atoms with Gasteiger partial charge in [-0.2, -0.15) is 0 Å². The third kappa shape index (κ3) is 3.74. The van der Waals surface area contributed by atoms with Crippen molar-refractivity contribution in [1.82, 2.24) is 0 Å². The van der Waals surface area contributed by atoms with Gasteiger partial charge in [-0.1, -0.05) is 96.8 Å². The normalized spacial score (nSPS) is 10.0. The van der Waals surface area contributed by atoms with E-state index in [1.165, 1.54) is 22.3 Å². The maximum absolute atomic E-state index is 3.28. The van der Waals surface area contributed by atoms with Crippen LogP contribution in [0.2, 0.25) is 0 Å². The van der Waals surface area contributed by atoms with Gasteiger partial charge in [0.15, 0.2) is 0 Å². The van der Waals surface area contributed by atoms with Crippen molar-refractivity contribution in [3.05, 3.63) is 120 Å². The van der Waals surface area contributed by atoms with Gasteiger partial charge in [0.25, 0.3) is 0 Å². The van der Waals surface area contributed by atoms with Crippen LogP contribution in [-0.4, -0.2) is 0 Å². The molecule has 0 aromatic heterocycles. The van der Waals surface area contributed by atoms with E-state index in [2.05, 4.69) is 109 Å². The standard InChI is InChI=1S/C26H18/c1-3-9-23(10-4-1)25-18-16-21(17-19-25)14-15-22-8-7-13-26(20-22)24-11-5-2-6-12-24/h1-13,16-20H. The van der Waals surface area contributed by atoms with E-state index >= 15 is 0 Å². The molecule has 0 amide bonds. The zero-order chi connectivity index (χ0) is 17.6. The molecule has 0 saturated heterocycles. The fourth-order valence-electron chi connectivity index (χ4n) is 2.93. The molecule has 4 aromatic carbocycles. The van der Waals surface area contributed by atoms with Gasteiger partial charge < -0.3 is 0 Å². The van der Waals surface area contributed by atoms with E-state index in [0.29, 0.717) is 0 Å². The molecule has 122 valence electrons. The molecule has 0 unspecified atom stereocenters. The van der Waals surface area contributed by atoms with Crippen molar-refractivity contribution >= 4 is 0 Å². The predicted octanol–water partition coefficient (Wildman–Crippen LogP) is 6.42. The molecule has 26 heavy (non-hydrogen) atoms. The lowest BCUT2D eigenvalue weighted by Crippen LogP contribution is -1.81. The Morgan fingerprint density at radius 1 is 0.346 bits per heavy atom. The molecule has 0 atom stereocenters. The minimum absolute atomic E-state index is 1.02. The Bertz CT molecular complexity index is 1050. The van der Waals surface area contributed by atoms with E-state index in [4.69, 9.17) is 0 Å². The minimum atomic E-state index is 1.02. The number of rotatable bonds is 2. The Hall–Kier alpha value is -3.56. The van der Waals surface area contributed by atoms with Crippen LogP contribution < -0.4 is 0 Å². The fraction of sp³-hybridized carbons (Fsp3) is 0. The van der Waals surface area contributed by atoms with Crippen molar-refractivity contribution < 1.29 is 0 Å². The van der Waals surface area contributed by atoms with Crippen LogP contribution in [0.1, 0.15) is 11.1 Å². The van der Waals surface area contributed by atoms with Crippen molar-refractivity contribution in [2.24, 2.45) is 0 Å². The monoisotopic (exact) mass is 330 g/mol. The molecule has 4 rings (SSSR count). The Balaban J connectivity index is 1.56. The van der Waals surface area contributed by atoms with Crippen molar-refractivity contribution in [3.8, 4) is 34.1 Å². The number of hydrogen-bond donors (Lipinski definition) is 0. The van der Waals surface area contributed by atoms with Gasteiger partial charge in [-0.3, -0.25) is 0 Å². The van der Waals surface area contributed by atoms with Gasteiger partial charge in [0.1, 0.15) is 0 Å². The largest absolute Gasteiger partial charge is 0.0622 e. The van der Waals surface area contributed by atoms with Gasteiger partial charge >= 0.3 is 0 Å². The van der Waals surface area contributed by atoms with Crippen molar-refractivity contribution in [1.29, 1.82) is 0 Å². The number of hydrogen-bond acceptors (Lipinski definition) is 0. The second-order valence-corrected chi connectivity index (χ2v) is 6.14. The summed E-state index contributed by atoms with van der Waals surface area (Å²) >= 11 is 0.